The first-order chi connectivity index (χ1) is 9.61. The predicted octanol–water partition coefficient (Wildman–Crippen LogP) is 2.17. The molecule has 0 saturated heterocycles. The summed E-state index contributed by atoms with van der Waals surface area (Å²) in [7, 11) is 1.29. The lowest BCUT2D eigenvalue weighted by Gasteiger charge is -2.07. The Morgan fingerprint density at radius 1 is 1.30 bits per heavy atom. The first-order valence-corrected chi connectivity index (χ1v) is 6.86. The number of carbonyl (C=O) groups excluding carboxylic acids is 2. The number of nitrogens with zero attached hydrogens (tertiary/aromatic N) is 1. The Labute approximate surface area is 120 Å². The van der Waals surface area contributed by atoms with Crippen LogP contribution in [0.5, 0.6) is 0 Å². The number of aromatic nitrogens is 1. The van der Waals surface area contributed by atoms with Gasteiger partial charge in [0.05, 0.1) is 35.5 Å². The number of aryl methyl sites for hydroxylation is 1. The van der Waals surface area contributed by atoms with Crippen LogP contribution in [0.2, 0.25) is 0 Å². The fourth-order valence-electron chi connectivity index (χ4n) is 1.72. The molecule has 0 atom stereocenters. The zero-order valence-electron chi connectivity index (χ0n) is 11.2. The summed E-state index contributed by atoms with van der Waals surface area (Å²) in [4.78, 5) is 28.0. The minimum Gasteiger partial charge on any atom is -0.465 e. The summed E-state index contributed by atoms with van der Waals surface area (Å²) in [6.07, 6.45) is 0. The molecule has 6 heteroatoms. The fourth-order valence-corrected chi connectivity index (χ4v) is 2.34. The number of hydrogen-bond donors (Lipinski definition) is 1. The molecule has 2 rings (SSSR count). The normalized spacial score (nSPS) is 10.1. The SMILES string of the molecule is COC(=O)c1ccccc1C(=O)NCc1csc(C)n1. The number of rotatable bonds is 4. The molecule has 1 heterocycles. The van der Waals surface area contributed by atoms with Gasteiger partial charge in [-0.25, -0.2) is 9.78 Å². The van der Waals surface area contributed by atoms with E-state index in [1.807, 2.05) is 12.3 Å². The molecular formula is C14H14N2O3S. The fraction of sp³-hybridized carbons (Fsp3) is 0.214. The van der Waals surface area contributed by atoms with Crippen LogP contribution >= 0.6 is 11.3 Å². The molecule has 1 aromatic carbocycles. The molecule has 1 aromatic heterocycles. The molecule has 0 bridgehead atoms. The summed E-state index contributed by atoms with van der Waals surface area (Å²) in [5.74, 6) is -0.850. The third-order valence-corrected chi connectivity index (χ3v) is 3.50. The number of benzene rings is 1. The van der Waals surface area contributed by atoms with Gasteiger partial charge >= 0.3 is 5.97 Å². The molecule has 1 amide bonds. The quantitative estimate of drug-likeness (QED) is 0.876. The largest absolute Gasteiger partial charge is 0.465 e. The third-order valence-electron chi connectivity index (χ3n) is 2.67. The van der Waals surface area contributed by atoms with Crippen molar-refractivity contribution in [3.8, 4) is 0 Å². The second-order valence-electron chi connectivity index (χ2n) is 4.08. The van der Waals surface area contributed by atoms with E-state index in [1.165, 1.54) is 18.4 Å². The summed E-state index contributed by atoms with van der Waals surface area (Å²) < 4.78 is 4.66. The van der Waals surface area contributed by atoms with Crippen LogP contribution in [-0.2, 0) is 11.3 Å². The van der Waals surface area contributed by atoms with Gasteiger partial charge in [-0.3, -0.25) is 4.79 Å². The number of thiazole rings is 1. The molecule has 5 nitrogen and oxygen atoms in total. The van der Waals surface area contributed by atoms with Crippen molar-refractivity contribution >= 4 is 23.2 Å². The average Bonchev–Trinajstić information content (AvgIpc) is 2.89. The molecule has 1 N–H and O–H groups in total. The van der Waals surface area contributed by atoms with Crippen LogP contribution in [0.3, 0.4) is 0 Å². The Balaban J connectivity index is 2.11. The number of methoxy groups -OCH3 is 1. The van der Waals surface area contributed by atoms with Gasteiger partial charge in [-0.05, 0) is 19.1 Å². The standard InChI is InChI=1S/C14H14N2O3S/c1-9-16-10(8-20-9)7-15-13(17)11-5-3-4-6-12(11)14(18)19-2/h3-6,8H,7H2,1-2H3,(H,15,17). The van der Waals surface area contributed by atoms with Gasteiger partial charge in [0, 0.05) is 5.38 Å². The first kappa shape index (κ1) is 14.2. The average molecular weight is 290 g/mol. The van der Waals surface area contributed by atoms with Gasteiger partial charge in [0.1, 0.15) is 0 Å². The Morgan fingerprint density at radius 2 is 2.00 bits per heavy atom. The van der Waals surface area contributed by atoms with Crippen molar-refractivity contribution in [3.05, 3.63) is 51.5 Å². The zero-order valence-corrected chi connectivity index (χ0v) is 12.0. The zero-order chi connectivity index (χ0) is 14.5. The van der Waals surface area contributed by atoms with E-state index in [1.54, 1.807) is 24.3 Å². The Bertz CT molecular complexity index is 637. The van der Waals surface area contributed by atoms with E-state index in [4.69, 9.17) is 0 Å². The number of carbonyl (C=O) groups is 2. The van der Waals surface area contributed by atoms with Crippen LogP contribution in [-0.4, -0.2) is 24.0 Å². The van der Waals surface area contributed by atoms with Crippen LogP contribution in [0.1, 0.15) is 31.4 Å². The van der Waals surface area contributed by atoms with Crippen molar-refractivity contribution in [1.82, 2.24) is 10.3 Å². The first-order valence-electron chi connectivity index (χ1n) is 5.98. The predicted molar refractivity (Wildman–Crippen MR) is 75.8 cm³/mol. The van der Waals surface area contributed by atoms with Crippen molar-refractivity contribution in [3.63, 3.8) is 0 Å². The summed E-state index contributed by atoms with van der Waals surface area (Å²) in [5, 5.41) is 5.58. The van der Waals surface area contributed by atoms with E-state index in [0.717, 1.165) is 10.7 Å². The van der Waals surface area contributed by atoms with Crippen molar-refractivity contribution in [1.29, 1.82) is 0 Å². The summed E-state index contributed by atoms with van der Waals surface area (Å²) in [6.45, 7) is 2.24. The highest BCUT2D eigenvalue weighted by molar-refractivity contribution is 7.09. The lowest BCUT2D eigenvalue weighted by molar-refractivity contribution is 0.0596. The molecule has 0 fully saturated rings. The topological polar surface area (TPSA) is 68.3 Å². The second-order valence-corrected chi connectivity index (χ2v) is 5.14. The molecule has 20 heavy (non-hydrogen) atoms. The Morgan fingerprint density at radius 3 is 2.60 bits per heavy atom. The van der Waals surface area contributed by atoms with E-state index in [9.17, 15) is 9.59 Å². The van der Waals surface area contributed by atoms with Crippen molar-refractivity contribution in [2.75, 3.05) is 7.11 Å². The number of ether oxygens (including phenoxy) is 1. The second kappa shape index (κ2) is 6.29. The summed E-state index contributed by atoms with van der Waals surface area (Å²) >= 11 is 1.53. The minimum absolute atomic E-state index is 0.252. The summed E-state index contributed by atoms with van der Waals surface area (Å²) in [6, 6.07) is 6.54. The number of esters is 1. The highest BCUT2D eigenvalue weighted by Gasteiger charge is 2.16. The smallest absolute Gasteiger partial charge is 0.338 e. The van der Waals surface area contributed by atoms with E-state index in [2.05, 4.69) is 15.0 Å². The van der Waals surface area contributed by atoms with Crippen LogP contribution < -0.4 is 5.32 Å². The molecular weight excluding hydrogens is 276 g/mol. The molecule has 0 aliphatic carbocycles. The van der Waals surface area contributed by atoms with Crippen molar-refractivity contribution in [2.45, 2.75) is 13.5 Å². The molecule has 0 aliphatic heterocycles. The van der Waals surface area contributed by atoms with Gasteiger partial charge in [0.2, 0.25) is 0 Å². The molecule has 2 aromatic rings. The monoisotopic (exact) mass is 290 g/mol. The maximum Gasteiger partial charge on any atom is 0.338 e. The molecule has 0 saturated carbocycles. The van der Waals surface area contributed by atoms with Crippen LogP contribution in [0, 0.1) is 6.92 Å². The van der Waals surface area contributed by atoms with Crippen molar-refractivity contribution in [2.24, 2.45) is 0 Å². The lowest BCUT2D eigenvalue weighted by Crippen LogP contribution is -2.25. The van der Waals surface area contributed by atoms with Crippen LogP contribution in [0.4, 0.5) is 0 Å². The van der Waals surface area contributed by atoms with Crippen LogP contribution in [0.25, 0.3) is 0 Å². The number of amides is 1. The highest BCUT2D eigenvalue weighted by Crippen LogP contribution is 2.11. The van der Waals surface area contributed by atoms with E-state index >= 15 is 0 Å². The van der Waals surface area contributed by atoms with E-state index < -0.39 is 5.97 Å². The van der Waals surface area contributed by atoms with E-state index in [0.29, 0.717) is 12.1 Å². The minimum atomic E-state index is -0.528. The highest BCUT2D eigenvalue weighted by atomic mass is 32.1. The van der Waals surface area contributed by atoms with Gasteiger partial charge in [-0.1, -0.05) is 12.1 Å². The molecule has 0 radical (unpaired) electrons. The maximum atomic E-state index is 12.1. The Hall–Kier alpha value is -2.21. The van der Waals surface area contributed by atoms with Crippen LogP contribution in [0.15, 0.2) is 29.6 Å². The van der Waals surface area contributed by atoms with Gasteiger partial charge in [-0.2, -0.15) is 0 Å². The van der Waals surface area contributed by atoms with Crippen molar-refractivity contribution < 1.29 is 14.3 Å². The molecule has 0 spiro atoms. The molecule has 0 unspecified atom stereocenters. The maximum absolute atomic E-state index is 12.1. The van der Waals surface area contributed by atoms with Gasteiger partial charge in [0.25, 0.3) is 5.91 Å². The van der Waals surface area contributed by atoms with E-state index in [-0.39, 0.29) is 11.5 Å². The van der Waals surface area contributed by atoms with Gasteiger partial charge in [0.15, 0.2) is 0 Å². The number of nitrogens with one attached hydrogen (secondary N) is 1. The molecule has 0 aliphatic rings. The number of hydrogen-bond acceptors (Lipinski definition) is 5. The third kappa shape index (κ3) is 3.21. The van der Waals surface area contributed by atoms with Gasteiger partial charge in [-0.15, -0.1) is 11.3 Å². The molecule has 104 valence electrons. The lowest BCUT2D eigenvalue weighted by atomic mass is 10.1. The Kier molecular flexibility index (Phi) is 4.47. The van der Waals surface area contributed by atoms with Gasteiger partial charge < -0.3 is 10.1 Å². The summed E-state index contributed by atoms with van der Waals surface area (Å²) in [5.41, 5.74) is 1.35.